The Labute approximate surface area is 111 Å². The molecule has 2 rings (SSSR count). The molecule has 0 atom stereocenters. The first kappa shape index (κ1) is 13.8. The second-order valence-corrected chi connectivity index (χ2v) is 4.58. The van der Waals surface area contributed by atoms with E-state index in [2.05, 4.69) is 5.48 Å². The summed E-state index contributed by atoms with van der Waals surface area (Å²) in [5.74, 6) is -0.514. The van der Waals surface area contributed by atoms with Crippen molar-refractivity contribution in [2.75, 3.05) is 6.61 Å². The van der Waals surface area contributed by atoms with E-state index in [0.717, 1.165) is 25.7 Å². The molecule has 0 radical (unpaired) electrons. The van der Waals surface area contributed by atoms with Crippen molar-refractivity contribution in [3.63, 3.8) is 0 Å². The Kier molecular flexibility index (Phi) is 5.15. The molecule has 0 aromatic heterocycles. The van der Waals surface area contributed by atoms with Gasteiger partial charge in [-0.25, -0.2) is 9.87 Å². The number of carbonyl (C=O) groups is 1. The SMILES string of the molecule is O=C(CCOc1ccccc1F)NOC1CCCC1. The van der Waals surface area contributed by atoms with Crippen LogP contribution in [0.2, 0.25) is 0 Å². The van der Waals surface area contributed by atoms with Crippen LogP contribution in [0.15, 0.2) is 24.3 Å². The lowest BCUT2D eigenvalue weighted by molar-refractivity contribution is -0.138. The maximum absolute atomic E-state index is 13.2. The molecule has 0 bridgehead atoms. The van der Waals surface area contributed by atoms with Gasteiger partial charge in [-0.2, -0.15) is 0 Å². The Hall–Kier alpha value is -1.62. The third kappa shape index (κ3) is 4.52. The van der Waals surface area contributed by atoms with Crippen LogP contribution in [-0.4, -0.2) is 18.6 Å². The molecule has 1 fully saturated rings. The van der Waals surface area contributed by atoms with Crippen LogP contribution in [0.5, 0.6) is 5.75 Å². The number of nitrogens with one attached hydrogen (secondary N) is 1. The molecule has 0 heterocycles. The van der Waals surface area contributed by atoms with Gasteiger partial charge in [-0.3, -0.25) is 9.63 Å². The lowest BCUT2D eigenvalue weighted by Gasteiger charge is -2.11. The monoisotopic (exact) mass is 267 g/mol. The van der Waals surface area contributed by atoms with Crippen LogP contribution >= 0.6 is 0 Å². The van der Waals surface area contributed by atoms with E-state index in [-0.39, 0.29) is 30.8 Å². The van der Waals surface area contributed by atoms with Crippen molar-refractivity contribution < 1.29 is 18.8 Å². The highest BCUT2D eigenvalue weighted by Crippen LogP contribution is 2.20. The summed E-state index contributed by atoms with van der Waals surface area (Å²) in [7, 11) is 0. The van der Waals surface area contributed by atoms with E-state index >= 15 is 0 Å². The van der Waals surface area contributed by atoms with E-state index in [0.29, 0.717) is 0 Å². The van der Waals surface area contributed by atoms with E-state index in [1.807, 2.05) is 0 Å². The lowest BCUT2D eigenvalue weighted by Crippen LogP contribution is -2.29. The molecule has 1 amide bonds. The molecule has 1 N–H and O–H groups in total. The van der Waals surface area contributed by atoms with Crippen LogP contribution in [0.3, 0.4) is 0 Å². The van der Waals surface area contributed by atoms with Crippen molar-refractivity contribution in [2.24, 2.45) is 0 Å². The minimum absolute atomic E-state index is 0.126. The second-order valence-electron chi connectivity index (χ2n) is 4.58. The van der Waals surface area contributed by atoms with Gasteiger partial charge in [-0.1, -0.05) is 25.0 Å². The molecule has 1 aliphatic rings. The number of ether oxygens (including phenoxy) is 1. The molecule has 0 saturated heterocycles. The molecule has 0 aliphatic heterocycles. The summed E-state index contributed by atoms with van der Waals surface area (Å²) in [4.78, 5) is 16.7. The van der Waals surface area contributed by atoms with Gasteiger partial charge in [0.25, 0.3) is 0 Å². The molecule has 104 valence electrons. The van der Waals surface area contributed by atoms with Gasteiger partial charge < -0.3 is 4.74 Å². The van der Waals surface area contributed by atoms with E-state index in [1.54, 1.807) is 12.1 Å². The first-order valence-electron chi connectivity index (χ1n) is 6.57. The summed E-state index contributed by atoms with van der Waals surface area (Å²) in [6.07, 6.45) is 4.56. The second kappa shape index (κ2) is 7.09. The molecule has 19 heavy (non-hydrogen) atoms. The Morgan fingerprint density at radius 2 is 2.05 bits per heavy atom. The largest absolute Gasteiger partial charge is 0.490 e. The van der Waals surface area contributed by atoms with E-state index in [9.17, 15) is 9.18 Å². The summed E-state index contributed by atoms with van der Waals surface area (Å²) in [6, 6.07) is 6.12. The number of hydrogen-bond acceptors (Lipinski definition) is 3. The van der Waals surface area contributed by atoms with Crippen molar-refractivity contribution in [3.8, 4) is 5.75 Å². The van der Waals surface area contributed by atoms with Crippen molar-refractivity contribution in [3.05, 3.63) is 30.1 Å². The van der Waals surface area contributed by atoms with E-state index < -0.39 is 5.82 Å². The van der Waals surface area contributed by atoms with E-state index in [4.69, 9.17) is 9.57 Å². The van der Waals surface area contributed by atoms with Crippen molar-refractivity contribution in [1.82, 2.24) is 5.48 Å². The molecule has 1 aromatic carbocycles. The van der Waals surface area contributed by atoms with Gasteiger partial charge in [-0.15, -0.1) is 0 Å². The van der Waals surface area contributed by atoms with Crippen molar-refractivity contribution >= 4 is 5.91 Å². The number of hydrogen-bond donors (Lipinski definition) is 1. The zero-order valence-corrected chi connectivity index (χ0v) is 10.7. The average molecular weight is 267 g/mol. The van der Waals surface area contributed by atoms with Gasteiger partial charge in [0.05, 0.1) is 19.1 Å². The predicted octanol–water partition coefficient (Wildman–Crippen LogP) is 2.59. The third-order valence-corrected chi connectivity index (χ3v) is 3.06. The smallest absolute Gasteiger partial charge is 0.246 e. The molecule has 1 aliphatic carbocycles. The Morgan fingerprint density at radius 3 is 2.79 bits per heavy atom. The maximum atomic E-state index is 13.2. The standard InChI is InChI=1S/C14H18FNO3/c15-12-7-3-4-8-13(12)18-10-9-14(17)16-19-11-5-1-2-6-11/h3-4,7-8,11H,1-2,5-6,9-10H2,(H,16,17). The quantitative estimate of drug-likeness (QED) is 0.806. The number of hydroxylamine groups is 1. The highest BCUT2D eigenvalue weighted by Gasteiger charge is 2.16. The number of benzene rings is 1. The van der Waals surface area contributed by atoms with Crippen molar-refractivity contribution in [2.45, 2.75) is 38.2 Å². The molecule has 0 unspecified atom stereocenters. The van der Waals surface area contributed by atoms with Crippen LogP contribution < -0.4 is 10.2 Å². The fourth-order valence-corrected chi connectivity index (χ4v) is 2.02. The van der Waals surface area contributed by atoms with Crippen LogP contribution in [0.1, 0.15) is 32.1 Å². The summed E-state index contributed by atoms with van der Waals surface area (Å²) < 4.78 is 18.4. The molecular formula is C14H18FNO3. The van der Waals surface area contributed by atoms with Crippen molar-refractivity contribution in [1.29, 1.82) is 0 Å². The Balaban J connectivity index is 1.62. The van der Waals surface area contributed by atoms with Crippen LogP contribution in [0, 0.1) is 5.82 Å². The zero-order chi connectivity index (χ0) is 13.5. The molecule has 1 saturated carbocycles. The molecule has 0 spiro atoms. The number of carbonyl (C=O) groups excluding carboxylic acids is 1. The normalized spacial score (nSPS) is 15.4. The maximum Gasteiger partial charge on any atom is 0.246 e. The van der Waals surface area contributed by atoms with Gasteiger partial charge >= 0.3 is 0 Å². The topological polar surface area (TPSA) is 47.6 Å². The number of rotatable bonds is 6. The first-order chi connectivity index (χ1) is 9.25. The zero-order valence-electron chi connectivity index (χ0n) is 10.7. The average Bonchev–Trinajstić information content (AvgIpc) is 2.92. The Bertz CT molecular complexity index is 419. The third-order valence-electron chi connectivity index (χ3n) is 3.06. The molecule has 4 nitrogen and oxygen atoms in total. The summed E-state index contributed by atoms with van der Waals surface area (Å²) in [5.41, 5.74) is 2.41. The highest BCUT2D eigenvalue weighted by molar-refractivity contribution is 5.74. The summed E-state index contributed by atoms with van der Waals surface area (Å²) in [6.45, 7) is 0.126. The number of para-hydroxylation sites is 1. The number of halogens is 1. The first-order valence-corrected chi connectivity index (χ1v) is 6.57. The minimum Gasteiger partial charge on any atom is -0.490 e. The fourth-order valence-electron chi connectivity index (χ4n) is 2.02. The summed E-state index contributed by atoms with van der Waals surface area (Å²) in [5, 5.41) is 0. The van der Waals surface area contributed by atoms with Gasteiger partial charge in [-0.05, 0) is 25.0 Å². The number of amides is 1. The fraction of sp³-hybridized carbons (Fsp3) is 0.500. The lowest BCUT2D eigenvalue weighted by atomic mass is 10.3. The molecule has 1 aromatic rings. The van der Waals surface area contributed by atoms with Gasteiger partial charge in [0.1, 0.15) is 0 Å². The summed E-state index contributed by atoms with van der Waals surface area (Å²) >= 11 is 0. The van der Waals surface area contributed by atoms with Gasteiger partial charge in [0.2, 0.25) is 5.91 Å². The van der Waals surface area contributed by atoms with Crippen LogP contribution in [-0.2, 0) is 9.63 Å². The highest BCUT2D eigenvalue weighted by atomic mass is 19.1. The molecule has 5 heteroatoms. The van der Waals surface area contributed by atoms with E-state index in [1.165, 1.54) is 12.1 Å². The predicted molar refractivity (Wildman–Crippen MR) is 68.0 cm³/mol. The van der Waals surface area contributed by atoms with Crippen LogP contribution in [0.4, 0.5) is 4.39 Å². The van der Waals surface area contributed by atoms with Gasteiger partial charge in [0, 0.05) is 0 Å². The van der Waals surface area contributed by atoms with Crippen LogP contribution in [0.25, 0.3) is 0 Å². The minimum atomic E-state index is -0.426. The molecular weight excluding hydrogens is 249 g/mol. The Morgan fingerprint density at radius 1 is 1.32 bits per heavy atom. The van der Waals surface area contributed by atoms with Gasteiger partial charge in [0.15, 0.2) is 11.6 Å².